The Hall–Kier alpha value is -0.100. The molecule has 0 aliphatic carbocycles. The molecule has 13 heavy (non-hydrogen) atoms. The second kappa shape index (κ2) is 4.41. The van der Waals surface area contributed by atoms with Gasteiger partial charge in [-0.25, -0.2) is 0 Å². The molecule has 0 fully saturated rings. The van der Waals surface area contributed by atoms with E-state index in [9.17, 15) is 4.79 Å². The van der Waals surface area contributed by atoms with Crippen LogP contribution in [0.1, 0.15) is 17.3 Å². The minimum atomic E-state index is 0.0567. The summed E-state index contributed by atoms with van der Waals surface area (Å²) in [5.74, 6) is 0.826. The van der Waals surface area contributed by atoms with Crippen molar-refractivity contribution in [1.82, 2.24) is 0 Å². The van der Waals surface area contributed by atoms with Crippen molar-refractivity contribution in [2.24, 2.45) is 0 Å². The van der Waals surface area contributed by atoms with Gasteiger partial charge in [0.1, 0.15) is 5.75 Å². The third kappa shape index (κ3) is 2.43. The van der Waals surface area contributed by atoms with Crippen molar-refractivity contribution in [3.05, 3.63) is 25.7 Å². The van der Waals surface area contributed by atoms with Crippen LogP contribution in [-0.4, -0.2) is 12.9 Å². The maximum Gasteiger partial charge on any atom is 0.159 e. The van der Waals surface area contributed by atoms with Crippen molar-refractivity contribution >= 4 is 44.3 Å². The molecule has 0 atom stereocenters. The van der Waals surface area contributed by atoms with Gasteiger partial charge in [-0.1, -0.05) is 0 Å². The average Bonchev–Trinajstić information content (AvgIpc) is 2.03. The molecule has 0 aliphatic heterocycles. The normalized spacial score (nSPS) is 9.85. The van der Waals surface area contributed by atoms with E-state index in [-0.39, 0.29) is 5.78 Å². The van der Waals surface area contributed by atoms with Crippen molar-refractivity contribution in [3.63, 3.8) is 0 Å². The molecule has 0 saturated heterocycles. The number of methoxy groups -OCH3 is 1. The van der Waals surface area contributed by atoms with E-state index in [1.54, 1.807) is 20.1 Å². The Kier molecular flexibility index (Phi) is 3.73. The summed E-state index contributed by atoms with van der Waals surface area (Å²) in [7, 11) is 1.61. The molecule has 0 aliphatic rings. The molecule has 0 aromatic heterocycles. The predicted octanol–water partition coefficient (Wildman–Crippen LogP) is 3.26. The second-order valence-corrected chi connectivity index (χ2v) is 4.55. The smallest absolute Gasteiger partial charge is 0.159 e. The molecule has 2 nitrogen and oxygen atoms in total. The first-order chi connectivity index (χ1) is 6.06. The fraction of sp³-hybridized carbons (Fsp3) is 0.222. The molecule has 4 heteroatoms. The van der Waals surface area contributed by atoms with Crippen LogP contribution < -0.4 is 4.74 Å². The lowest BCUT2D eigenvalue weighted by Crippen LogP contribution is -1.96. The Morgan fingerprint density at radius 1 is 1.54 bits per heavy atom. The van der Waals surface area contributed by atoms with Gasteiger partial charge in [-0.3, -0.25) is 4.79 Å². The fourth-order valence-corrected chi connectivity index (χ4v) is 2.80. The van der Waals surface area contributed by atoms with Crippen LogP contribution in [0.3, 0.4) is 0 Å². The number of ether oxygens (including phenoxy) is 1. The molecule has 0 spiro atoms. The third-order valence-electron chi connectivity index (χ3n) is 1.61. The highest BCUT2D eigenvalue weighted by atomic mass is 127. The Bertz CT molecular complexity index is 326. The Balaban J connectivity index is 3.28. The van der Waals surface area contributed by atoms with Gasteiger partial charge in [0.15, 0.2) is 5.78 Å². The fourth-order valence-electron chi connectivity index (χ4n) is 0.958. The van der Waals surface area contributed by atoms with Crippen LogP contribution in [0.4, 0.5) is 0 Å². The topological polar surface area (TPSA) is 26.3 Å². The van der Waals surface area contributed by atoms with Crippen molar-refractivity contribution in [2.75, 3.05) is 7.11 Å². The lowest BCUT2D eigenvalue weighted by molar-refractivity contribution is 0.101. The molecule has 1 rings (SSSR count). The molecule has 1 aromatic carbocycles. The highest BCUT2D eigenvalue weighted by Crippen LogP contribution is 2.31. The van der Waals surface area contributed by atoms with Crippen LogP contribution in [0.5, 0.6) is 5.75 Å². The molecule has 1 aromatic rings. The van der Waals surface area contributed by atoms with Gasteiger partial charge in [-0.05, 0) is 57.6 Å². The molecule has 70 valence electrons. The number of carbonyl (C=O) groups is 1. The van der Waals surface area contributed by atoms with Gasteiger partial charge in [-0.2, -0.15) is 0 Å². The Morgan fingerprint density at radius 3 is 2.54 bits per heavy atom. The highest BCUT2D eigenvalue weighted by Gasteiger charge is 2.09. The molecule has 0 heterocycles. The third-order valence-corrected chi connectivity index (χ3v) is 3.00. The molecular weight excluding hydrogens is 347 g/mol. The van der Waals surface area contributed by atoms with E-state index in [4.69, 9.17) is 4.74 Å². The number of rotatable bonds is 2. The number of ketones is 1. The molecule has 0 radical (unpaired) electrons. The van der Waals surface area contributed by atoms with E-state index < -0.39 is 0 Å². The first-order valence-electron chi connectivity index (χ1n) is 3.60. The van der Waals surface area contributed by atoms with Crippen LogP contribution in [-0.2, 0) is 0 Å². The highest BCUT2D eigenvalue weighted by molar-refractivity contribution is 14.1. The summed E-state index contributed by atoms with van der Waals surface area (Å²) in [6.07, 6.45) is 0. The number of hydrogen-bond acceptors (Lipinski definition) is 2. The summed E-state index contributed by atoms with van der Waals surface area (Å²) in [6, 6.07) is 3.58. The molecule has 0 amide bonds. The van der Waals surface area contributed by atoms with E-state index >= 15 is 0 Å². The van der Waals surface area contributed by atoms with E-state index in [0.717, 1.165) is 13.8 Å². The van der Waals surface area contributed by atoms with Gasteiger partial charge in [0, 0.05) is 5.56 Å². The zero-order chi connectivity index (χ0) is 10.0. The van der Waals surface area contributed by atoms with Gasteiger partial charge in [0.05, 0.1) is 15.2 Å². The van der Waals surface area contributed by atoms with Crippen LogP contribution in [0.15, 0.2) is 16.6 Å². The van der Waals surface area contributed by atoms with E-state index in [2.05, 4.69) is 38.5 Å². The average molecular weight is 355 g/mol. The number of benzene rings is 1. The lowest BCUT2D eigenvalue weighted by Gasteiger charge is -2.07. The standard InChI is InChI=1S/C9H8BrIO2/c1-5(12)6-3-7(10)9(13-2)8(11)4-6/h3-4H,1-2H3. The zero-order valence-corrected chi connectivity index (χ0v) is 11.0. The van der Waals surface area contributed by atoms with Gasteiger partial charge in [0.2, 0.25) is 0 Å². The van der Waals surface area contributed by atoms with E-state index in [0.29, 0.717) is 5.56 Å². The predicted molar refractivity (Wildman–Crippen MR) is 63.4 cm³/mol. The van der Waals surface area contributed by atoms with Crippen molar-refractivity contribution in [1.29, 1.82) is 0 Å². The maximum absolute atomic E-state index is 11.1. The Labute approximate surface area is 98.9 Å². The van der Waals surface area contributed by atoms with Crippen molar-refractivity contribution in [2.45, 2.75) is 6.92 Å². The summed E-state index contributed by atoms with van der Waals surface area (Å²) in [4.78, 5) is 11.1. The summed E-state index contributed by atoms with van der Waals surface area (Å²) < 4.78 is 6.89. The molecule has 0 unspecified atom stereocenters. The van der Waals surface area contributed by atoms with Gasteiger partial charge >= 0.3 is 0 Å². The summed E-state index contributed by atoms with van der Waals surface area (Å²) >= 11 is 5.48. The largest absolute Gasteiger partial charge is 0.494 e. The number of carbonyl (C=O) groups excluding carboxylic acids is 1. The minimum Gasteiger partial charge on any atom is -0.494 e. The molecule has 0 bridgehead atoms. The maximum atomic E-state index is 11.1. The van der Waals surface area contributed by atoms with Crippen LogP contribution >= 0.6 is 38.5 Å². The zero-order valence-electron chi connectivity index (χ0n) is 7.23. The van der Waals surface area contributed by atoms with Gasteiger partial charge in [0.25, 0.3) is 0 Å². The van der Waals surface area contributed by atoms with Gasteiger partial charge < -0.3 is 4.74 Å². The second-order valence-electron chi connectivity index (χ2n) is 2.53. The summed E-state index contributed by atoms with van der Waals surface area (Å²) in [5.41, 5.74) is 0.692. The monoisotopic (exact) mass is 354 g/mol. The first kappa shape index (κ1) is 11.0. The van der Waals surface area contributed by atoms with E-state index in [1.165, 1.54) is 0 Å². The molecular formula is C9H8BrIO2. The number of halogens is 2. The van der Waals surface area contributed by atoms with Crippen LogP contribution in [0, 0.1) is 3.57 Å². The summed E-state index contributed by atoms with van der Waals surface area (Å²) in [6.45, 7) is 1.55. The van der Waals surface area contributed by atoms with Crippen LogP contribution in [0.2, 0.25) is 0 Å². The van der Waals surface area contributed by atoms with Crippen molar-refractivity contribution in [3.8, 4) is 5.75 Å². The Morgan fingerprint density at radius 2 is 2.15 bits per heavy atom. The number of Topliss-reactive ketones (excluding diaryl/α,β-unsaturated/α-hetero) is 1. The van der Waals surface area contributed by atoms with Crippen LogP contribution in [0.25, 0.3) is 0 Å². The molecule has 0 N–H and O–H groups in total. The van der Waals surface area contributed by atoms with Gasteiger partial charge in [-0.15, -0.1) is 0 Å². The SMILES string of the molecule is COc1c(Br)cc(C(C)=O)cc1I. The minimum absolute atomic E-state index is 0.0567. The van der Waals surface area contributed by atoms with E-state index in [1.807, 2.05) is 6.07 Å². The number of hydrogen-bond donors (Lipinski definition) is 0. The quantitative estimate of drug-likeness (QED) is 0.602. The lowest BCUT2D eigenvalue weighted by atomic mass is 10.1. The van der Waals surface area contributed by atoms with Crippen molar-refractivity contribution < 1.29 is 9.53 Å². The first-order valence-corrected chi connectivity index (χ1v) is 5.47. The molecule has 0 saturated carbocycles. The summed E-state index contributed by atoms with van der Waals surface area (Å²) in [5, 5.41) is 0.